The van der Waals surface area contributed by atoms with Gasteiger partial charge in [-0.1, -0.05) is 29.8 Å². The molecular formula is C20H15ClN6O4S. The zero-order valence-electron chi connectivity index (χ0n) is 16.2. The summed E-state index contributed by atoms with van der Waals surface area (Å²) in [6.45, 7) is 0. The summed E-state index contributed by atoms with van der Waals surface area (Å²) in [5.41, 5.74) is 5.86. The van der Waals surface area contributed by atoms with Crippen LogP contribution >= 0.6 is 23.8 Å². The molecule has 0 atom stereocenters. The van der Waals surface area contributed by atoms with Gasteiger partial charge in [-0.15, -0.1) is 0 Å². The summed E-state index contributed by atoms with van der Waals surface area (Å²) in [6, 6.07) is 13.2. The normalized spacial score (nSPS) is 10.5. The van der Waals surface area contributed by atoms with Crippen molar-refractivity contribution >= 4 is 59.3 Å². The summed E-state index contributed by atoms with van der Waals surface area (Å²) < 4.78 is 0.0435. The molecule has 3 rings (SSSR count). The number of benzene rings is 2. The fourth-order valence-corrected chi connectivity index (χ4v) is 2.83. The third-order valence-corrected chi connectivity index (χ3v) is 4.37. The molecule has 0 saturated heterocycles. The van der Waals surface area contributed by atoms with E-state index < -0.39 is 16.9 Å². The fourth-order valence-electron chi connectivity index (χ4n) is 2.48. The molecule has 0 radical (unpaired) electrons. The number of carbonyl (C=O) groups is 2. The molecule has 3 amide bonds. The highest BCUT2D eigenvalue weighted by molar-refractivity contribution is 7.71. The Hall–Kier alpha value is -4.09. The average molecular weight is 471 g/mol. The van der Waals surface area contributed by atoms with Gasteiger partial charge in [-0.2, -0.15) is 0 Å². The van der Waals surface area contributed by atoms with E-state index in [0.717, 1.165) is 0 Å². The monoisotopic (exact) mass is 470 g/mol. The van der Waals surface area contributed by atoms with Gasteiger partial charge >= 0.3 is 6.03 Å². The Kier molecular flexibility index (Phi) is 7.26. The maximum atomic E-state index is 12.4. The van der Waals surface area contributed by atoms with Crippen molar-refractivity contribution in [3.8, 4) is 0 Å². The minimum Gasteiger partial charge on any atom is -0.331 e. The number of carbonyl (C=O) groups excluding carboxylic acids is 2. The fraction of sp³-hybridized carbons (Fsp3) is 0. The molecule has 2 aromatic carbocycles. The Bertz CT molecular complexity index is 1260. The molecule has 162 valence electrons. The molecule has 0 saturated carbocycles. The van der Waals surface area contributed by atoms with Crippen LogP contribution in [0.1, 0.15) is 21.7 Å². The van der Waals surface area contributed by atoms with Crippen molar-refractivity contribution in [2.24, 2.45) is 0 Å². The van der Waals surface area contributed by atoms with Gasteiger partial charge in [-0.3, -0.25) is 20.3 Å². The van der Waals surface area contributed by atoms with E-state index in [4.69, 9.17) is 23.8 Å². The number of amides is 3. The first kappa shape index (κ1) is 22.6. The summed E-state index contributed by atoms with van der Waals surface area (Å²) in [5, 5.41) is 13.9. The van der Waals surface area contributed by atoms with Gasteiger partial charge in [0.1, 0.15) is 5.69 Å². The Morgan fingerprint density at radius 1 is 1.09 bits per heavy atom. The number of urea groups is 1. The third-order valence-electron chi connectivity index (χ3n) is 3.93. The Morgan fingerprint density at radius 3 is 2.56 bits per heavy atom. The number of nitrogens with one attached hydrogen (secondary N) is 4. The summed E-state index contributed by atoms with van der Waals surface area (Å²) >= 11 is 10.8. The summed E-state index contributed by atoms with van der Waals surface area (Å²) in [5.74, 6) is -0.693. The molecule has 0 unspecified atom stereocenters. The summed E-state index contributed by atoms with van der Waals surface area (Å²) in [4.78, 5) is 41.4. The zero-order valence-corrected chi connectivity index (χ0v) is 17.7. The smallest absolute Gasteiger partial charge is 0.331 e. The maximum absolute atomic E-state index is 12.4. The van der Waals surface area contributed by atoms with Crippen LogP contribution in [-0.2, 0) is 0 Å². The van der Waals surface area contributed by atoms with E-state index in [1.807, 2.05) is 0 Å². The number of nitro benzene ring substituents is 1. The number of rotatable bonds is 5. The molecule has 1 heterocycles. The average Bonchev–Trinajstić information content (AvgIpc) is 2.77. The highest BCUT2D eigenvalue weighted by Crippen LogP contribution is 2.15. The molecule has 12 heteroatoms. The lowest BCUT2D eigenvalue weighted by Gasteiger charge is -2.09. The first-order valence-corrected chi connectivity index (χ1v) is 9.75. The molecule has 0 aliphatic rings. The molecular weight excluding hydrogens is 456 g/mol. The van der Waals surface area contributed by atoms with Crippen LogP contribution in [0.2, 0.25) is 5.02 Å². The topological polar surface area (TPSA) is 142 Å². The highest BCUT2D eigenvalue weighted by atomic mass is 35.5. The van der Waals surface area contributed by atoms with E-state index in [-0.39, 0.29) is 16.2 Å². The Balaban J connectivity index is 1.65. The number of aromatic amines is 1. The molecule has 0 aliphatic heterocycles. The highest BCUT2D eigenvalue weighted by Gasteiger charge is 2.10. The van der Waals surface area contributed by atoms with Crippen molar-refractivity contribution in [1.29, 1.82) is 0 Å². The van der Waals surface area contributed by atoms with Crippen molar-refractivity contribution in [3.63, 3.8) is 0 Å². The molecule has 1 aromatic heterocycles. The Morgan fingerprint density at radius 2 is 1.84 bits per heavy atom. The van der Waals surface area contributed by atoms with Crippen molar-refractivity contribution in [3.05, 3.63) is 91.5 Å². The van der Waals surface area contributed by atoms with Crippen molar-refractivity contribution in [2.75, 3.05) is 5.32 Å². The molecule has 3 aromatic rings. The van der Waals surface area contributed by atoms with Crippen LogP contribution in [-0.4, -0.2) is 26.8 Å². The number of halogens is 1. The van der Waals surface area contributed by atoms with E-state index in [0.29, 0.717) is 22.0 Å². The number of hydrogen-bond donors (Lipinski definition) is 4. The molecule has 32 heavy (non-hydrogen) atoms. The molecule has 10 nitrogen and oxygen atoms in total. The van der Waals surface area contributed by atoms with Gasteiger partial charge in [0, 0.05) is 28.5 Å². The standard InChI is InChI=1S/C20H15ClN6O4S/c21-13-5-8-14(9-6-13)22-19(29)26-25-18(28)17-11-15(23-20(32)24-17)7-4-12-2-1-3-16(10-12)27(30)31/h1-11H,(H,25,28)(H2,22,26,29)(H,23,24,32)/b7-4-. The number of anilines is 1. The first-order valence-electron chi connectivity index (χ1n) is 8.97. The molecule has 0 bridgehead atoms. The van der Waals surface area contributed by atoms with E-state index in [2.05, 4.69) is 26.1 Å². The van der Waals surface area contributed by atoms with Gasteiger partial charge in [-0.05, 0) is 54.2 Å². The second-order valence-electron chi connectivity index (χ2n) is 6.25. The minimum atomic E-state index is -0.693. The lowest BCUT2D eigenvalue weighted by Crippen LogP contribution is -2.44. The lowest BCUT2D eigenvalue weighted by molar-refractivity contribution is -0.384. The molecule has 4 N–H and O–H groups in total. The van der Waals surface area contributed by atoms with Crippen LogP contribution in [0.4, 0.5) is 16.2 Å². The predicted octanol–water partition coefficient (Wildman–Crippen LogP) is 4.34. The van der Waals surface area contributed by atoms with Crippen LogP contribution in [0.3, 0.4) is 0 Å². The number of hydrogen-bond acceptors (Lipinski definition) is 6. The van der Waals surface area contributed by atoms with Gasteiger partial charge in [0.05, 0.1) is 4.92 Å². The summed E-state index contributed by atoms with van der Waals surface area (Å²) in [7, 11) is 0. The number of non-ortho nitro benzene ring substituents is 1. The van der Waals surface area contributed by atoms with Gasteiger partial charge in [0.2, 0.25) is 0 Å². The third kappa shape index (κ3) is 6.45. The van der Waals surface area contributed by atoms with Crippen molar-refractivity contribution in [1.82, 2.24) is 20.8 Å². The number of nitro groups is 1. The van der Waals surface area contributed by atoms with Gasteiger partial charge in [0.25, 0.3) is 11.6 Å². The molecule has 0 fully saturated rings. The van der Waals surface area contributed by atoms with Crippen LogP contribution in [0.5, 0.6) is 0 Å². The van der Waals surface area contributed by atoms with Crippen LogP contribution in [0.15, 0.2) is 54.6 Å². The van der Waals surface area contributed by atoms with Crippen LogP contribution in [0.25, 0.3) is 12.2 Å². The van der Waals surface area contributed by atoms with Crippen LogP contribution < -0.4 is 16.2 Å². The van der Waals surface area contributed by atoms with Gasteiger partial charge in [0.15, 0.2) is 4.77 Å². The number of H-pyrrole nitrogens is 1. The second-order valence-corrected chi connectivity index (χ2v) is 7.08. The SMILES string of the molecule is O=C(NNC(=O)c1cc(/C=C\c2cccc([N+](=O)[O-])c2)[nH]c(=S)n1)Nc1ccc(Cl)cc1. The number of hydrazine groups is 1. The maximum Gasteiger partial charge on any atom is 0.337 e. The largest absolute Gasteiger partial charge is 0.337 e. The van der Waals surface area contributed by atoms with E-state index >= 15 is 0 Å². The molecule has 0 spiro atoms. The van der Waals surface area contributed by atoms with Crippen molar-refractivity contribution < 1.29 is 14.5 Å². The summed E-state index contributed by atoms with van der Waals surface area (Å²) in [6.07, 6.45) is 3.21. The minimum absolute atomic E-state index is 0.0424. The number of aromatic nitrogens is 2. The number of nitrogens with zero attached hydrogens (tertiary/aromatic N) is 2. The van der Waals surface area contributed by atoms with Gasteiger partial charge in [-0.25, -0.2) is 15.2 Å². The first-order chi connectivity index (χ1) is 15.3. The van der Waals surface area contributed by atoms with E-state index in [1.165, 1.54) is 18.2 Å². The predicted molar refractivity (Wildman–Crippen MR) is 123 cm³/mol. The second kappa shape index (κ2) is 10.3. The lowest BCUT2D eigenvalue weighted by atomic mass is 10.1. The molecule has 0 aliphatic carbocycles. The van der Waals surface area contributed by atoms with E-state index in [1.54, 1.807) is 48.6 Å². The van der Waals surface area contributed by atoms with Crippen molar-refractivity contribution in [2.45, 2.75) is 0 Å². The Labute approximate surface area is 191 Å². The quantitative estimate of drug-likeness (QED) is 0.248. The van der Waals surface area contributed by atoms with Gasteiger partial charge < -0.3 is 10.3 Å². The van der Waals surface area contributed by atoms with Crippen LogP contribution in [0, 0.1) is 14.9 Å². The zero-order chi connectivity index (χ0) is 23.1. The van der Waals surface area contributed by atoms with E-state index in [9.17, 15) is 19.7 Å².